The van der Waals surface area contributed by atoms with Crippen LogP contribution in [-0.4, -0.2) is 31.5 Å². The summed E-state index contributed by atoms with van der Waals surface area (Å²) in [5.74, 6) is 0.489. The van der Waals surface area contributed by atoms with Crippen molar-refractivity contribution in [3.63, 3.8) is 0 Å². The molecule has 1 heterocycles. The molecule has 1 atom stereocenters. The fourth-order valence-electron chi connectivity index (χ4n) is 3.18. The summed E-state index contributed by atoms with van der Waals surface area (Å²) < 4.78 is 5.35. The van der Waals surface area contributed by atoms with Gasteiger partial charge in [-0.2, -0.15) is 0 Å². The molecule has 2 aromatic rings. The smallest absolute Gasteiger partial charge is 0.246 e. The third kappa shape index (κ3) is 3.64. The SMILES string of the molecule is COc1ccc(C)cc1NCC(=O)N1c2ccccc2NC(=O)CC1C. The van der Waals surface area contributed by atoms with Gasteiger partial charge in [-0.3, -0.25) is 9.59 Å². The molecule has 2 aromatic carbocycles. The summed E-state index contributed by atoms with van der Waals surface area (Å²) in [6.45, 7) is 3.97. The van der Waals surface area contributed by atoms with Gasteiger partial charge in [0.2, 0.25) is 11.8 Å². The fraction of sp³-hybridized carbons (Fsp3) is 0.300. The number of carbonyl (C=O) groups is 2. The van der Waals surface area contributed by atoms with Crippen LogP contribution in [0.25, 0.3) is 0 Å². The molecule has 6 nitrogen and oxygen atoms in total. The van der Waals surface area contributed by atoms with Crippen molar-refractivity contribution in [3.05, 3.63) is 48.0 Å². The Kier molecular flexibility index (Phi) is 5.11. The number of benzene rings is 2. The number of nitrogens with one attached hydrogen (secondary N) is 2. The predicted octanol–water partition coefficient (Wildman–Crippen LogP) is 3.18. The van der Waals surface area contributed by atoms with Crippen molar-refractivity contribution in [1.82, 2.24) is 0 Å². The third-order valence-corrected chi connectivity index (χ3v) is 4.41. The standard InChI is InChI=1S/C20H23N3O3/c1-13-8-9-18(26-3)16(10-13)21-12-20(25)23-14(2)11-19(24)22-15-6-4-5-7-17(15)23/h4-10,14,21H,11-12H2,1-3H3,(H,22,24). The minimum atomic E-state index is -0.229. The van der Waals surface area contributed by atoms with Crippen molar-refractivity contribution in [1.29, 1.82) is 0 Å². The van der Waals surface area contributed by atoms with Gasteiger partial charge in [-0.1, -0.05) is 18.2 Å². The van der Waals surface area contributed by atoms with E-state index < -0.39 is 0 Å². The molecule has 0 spiro atoms. The third-order valence-electron chi connectivity index (χ3n) is 4.41. The lowest BCUT2D eigenvalue weighted by Crippen LogP contribution is -2.42. The van der Waals surface area contributed by atoms with Crippen LogP contribution in [0, 0.1) is 6.92 Å². The molecule has 136 valence electrons. The zero-order chi connectivity index (χ0) is 18.7. The molecule has 0 saturated carbocycles. The zero-order valence-corrected chi connectivity index (χ0v) is 15.2. The maximum absolute atomic E-state index is 13.0. The number of amides is 2. The predicted molar refractivity (Wildman–Crippen MR) is 103 cm³/mol. The summed E-state index contributed by atoms with van der Waals surface area (Å²) in [6.07, 6.45) is 0.258. The highest BCUT2D eigenvalue weighted by Crippen LogP contribution is 2.31. The van der Waals surface area contributed by atoms with E-state index in [0.717, 1.165) is 11.3 Å². The van der Waals surface area contributed by atoms with Crippen LogP contribution in [0.3, 0.4) is 0 Å². The van der Waals surface area contributed by atoms with Crippen molar-refractivity contribution in [2.75, 3.05) is 29.2 Å². The highest BCUT2D eigenvalue weighted by molar-refractivity contribution is 6.05. The Morgan fingerprint density at radius 3 is 2.85 bits per heavy atom. The lowest BCUT2D eigenvalue weighted by molar-refractivity contribution is -0.118. The van der Waals surface area contributed by atoms with Crippen LogP contribution >= 0.6 is 0 Å². The van der Waals surface area contributed by atoms with E-state index in [1.165, 1.54) is 0 Å². The Morgan fingerprint density at radius 2 is 2.08 bits per heavy atom. The molecular weight excluding hydrogens is 330 g/mol. The van der Waals surface area contributed by atoms with Crippen molar-refractivity contribution >= 4 is 28.9 Å². The summed E-state index contributed by atoms with van der Waals surface area (Å²) in [6, 6.07) is 12.9. The summed E-state index contributed by atoms with van der Waals surface area (Å²) >= 11 is 0. The van der Waals surface area contributed by atoms with Crippen molar-refractivity contribution in [2.45, 2.75) is 26.3 Å². The number of rotatable bonds is 4. The Hall–Kier alpha value is -3.02. The van der Waals surface area contributed by atoms with Gasteiger partial charge in [0, 0.05) is 12.5 Å². The number of nitrogens with zero attached hydrogens (tertiary/aromatic N) is 1. The van der Waals surface area contributed by atoms with Crippen molar-refractivity contribution < 1.29 is 14.3 Å². The molecule has 2 amide bonds. The maximum Gasteiger partial charge on any atom is 0.246 e. The second kappa shape index (κ2) is 7.47. The van der Waals surface area contributed by atoms with E-state index in [1.807, 2.05) is 56.3 Å². The van der Waals surface area contributed by atoms with E-state index in [1.54, 1.807) is 12.0 Å². The number of ether oxygens (including phenoxy) is 1. The van der Waals surface area contributed by atoms with Crippen LogP contribution in [0.1, 0.15) is 18.9 Å². The van der Waals surface area contributed by atoms with Gasteiger partial charge in [0.15, 0.2) is 0 Å². The zero-order valence-electron chi connectivity index (χ0n) is 15.2. The molecule has 26 heavy (non-hydrogen) atoms. The molecular formula is C20H23N3O3. The molecule has 0 aliphatic carbocycles. The molecule has 1 aliphatic heterocycles. The highest BCUT2D eigenvalue weighted by atomic mass is 16.5. The Balaban J connectivity index is 1.83. The molecule has 1 unspecified atom stereocenters. The van der Waals surface area contributed by atoms with E-state index in [9.17, 15) is 9.59 Å². The lowest BCUT2D eigenvalue weighted by atomic mass is 10.1. The second-order valence-corrected chi connectivity index (χ2v) is 6.44. The first-order valence-corrected chi connectivity index (χ1v) is 8.59. The van der Waals surface area contributed by atoms with Gasteiger partial charge in [0.1, 0.15) is 5.75 Å². The highest BCUT2D eigenvalue weighted by Gasteiger charge is 2.29. The second-order valence-electron chi connectivity index (χ2n) is 6.44. The van der Waals surface area contributed by atoms with Crippen LogP contribution in [0.15, 0.2) is 42.5 Å². The van der Waals surface area contributed by atoms with Gasteiger partial charge < -0.3 is 20.3 Å². The lowest BCUT2D eigenvalue weighted by Gasteiger charge is -2.28. The fourth-order valence-corrected chi connectivity index (χ4v) is 3.18. The summed E-state index contributed by atoms with van der Waals surface area (Å²) in [4.78, 5) is 26.7. The van der Waals surface area contributed by atoms with Crippen molar-refractivity contribution in [2.24, 2.45) is 0 Å². The van der Waals surface area contributed by atoms with Gasteiger partial charge in [-0.15, -0.1) is 0 Å². The monoisotopic (exact) mass is 353 g/mol. The van der Waals surface area contributed by atoms with E-state index in [-0.39, 0.29) is 30.8 Å². The van der Waals surface area contributed by atoms with E-state index in [0.29, 0.717) is 17.1 Å². The minimum absolute atomic E-state index is 0.0893. The summed E-state index contributed by atoms with van der Waals surface area (Å²) in [5.41, 5.74) is 3.21. The number of methoxy groups -OCH3 is 1. The first kappa shape index (κ1) is 17.8. The van der Waals surface area contributed by atoms with Gasteiger partial charge >= 0.3 is 0 Å². The summed E-state index contributed by atoms with van der Waals surface area (Å²) in [7, 11) is 1.60. The molecule has 0 fully saturated rings. The average molecular weight is 353 g/mol. The largest absolute Gasteiger partial charge is 0.495 e. The molecule has 0 aromatic heterocycles. The molecule has 3 rings (SSSR count). The number of para-hydroxylation sites is 2. The molecule has 0 bridgehead atoms. The van der Waals surface area contributed by atoms with Gasteiger partial charge in [-0.05, 0) is 43.7 Å². The molecule has 0 radical (unpaired) electrons. The molecule has 1 aliphatic rings. The number of fused-ring (bicyclic) bond motifs is 1. The van der Waals surface area contributed by atoms with Crippen LogP contribution in [0.5, 0.6) is 5.75 Å². The number of carbonyl (C=O) groups excluding carboxylic acids is 2. The van der Waals surface area contributed by atoms with E-state index in [4.69, 9.17) is 4.74 Å². The number of hydrogen-bond acceptors (Lipinski definition) is 4. The first-order chi connectivity index (χ1) is 12.5. The van der Waals surface area contributed by atoms with E-state index >= 15 is 0 Å². The van der Waals surface area contributed by atoms with Crippen LogP contribution < -0.4 is 20.3 Å². The van der Waals surface area contributed by atoms with Crippen LogP contribution in [0.4, 0.5) is 17.1 Å². The van der Waals surface area contributed by atoms with Gasteiger partial charge in [0.05, 0.1) is 30.7 Å². The topological polar surface area (TPSA) is 70.7 Å². The Morgan fingerprint density at radius 1 is 1.31 bits per heavy atom. The van der Waals surface area contributed by atoms with Crippen molar-refractivity contribution in [3.8, 4) is 5.75 Å². The Bertz CT molecular complexity index is 835. The summed E-state index contributed by atoms with van der Waals surface area (Å²) in [5, 5.41) is 6.03. The average Bonchev–Trinajstić information content (AvgIpc) is 2.74. The number of aryl methyl sites for hydroxylation is 1. The first-order valence-electron chi connectivity index (χ1n) is 8.59. The minimum Gasteiger partial charge on any atom is -0.495 e. The van der Waals surface area contributed by atoms with Crippen LogP contribution in [0.2, 0.25) is 0 Å². The van der Waals surface area contributed by atoms with Crippen LogP contribution in [-0.2, 0) is 9.59 Å². The number of anilines is 3. The van der Waals surface area contributed by atoms with Gasteiger partial charge in [-0.25, -0.2) is 0 Å². The van der Waals surface area contributed by atoms with E-state index in [2.05, 4.69) is 10.6 Å². The molecule has 2 N–H and O–H groups in total. The quantitative estimate of drug-likeness (QED) is 0.886. The molecule has 0 saturated heterocycles. The normalized spacial score (nSPS) is 16.3. The maximum atomic E-state index is 13.0. The number of hydrogen-bond donors (Lipinski definition) is 2. The molecule has 6 heteroatoms. The Labute approximate surface area is 153 Å². The van der Waals surface area contributed by atoms with Gasteiger partial charge in [0.25, 0.3) is 0 Å².